The summed E-state index contributed by atoms with van der Waals surface area (Å²) < 4.78 is 18.5. The smallest absolute Gasteiger partial charge is 0.228 e. The Morgan fingerprint density at radius 3 is 3.11 bits per heavy atom. The van der Waals surface area contributed by atoms with E-state index < -0.39 is 0 Å². The summed E-state index contributed by atoms with van der Waals surface area (Å²) in [5.74, 6) is 0.940. The third kappa shape index (κ3) is 2.66. The third-order valence-electron chi connectivity index (χ3n) is 3.47. The molecule has 1 unspecified atom stereocenters. The monoisotopic (exact) mass is 261 g/mol. The van der Waals surface area contributed by atoms with E-state index in [4.69, 9.17) is 4.52 Å². The summed E-state index contributed by atoms with van der Waals surface area (Å²) in [7, 11) is 0. The predicted molar refractivity (Wildman–Crippen MR) is 69.2 cm³/mol. The zero-order valence-corrected chi connectivity index (χ0v) is 10.8. The van der Waals surface area contributed by atoms with Crippen LogP contribution >= 0.6 is 0 Å². The lowest BCUT2D eigenvalue weighted by molar-refractivity contribution is 0.364. The van der Waals surface area contributed by atoms with E-state index in [-0.39, 0.29) is 5.82 Å². The number of nitrogens with zero attached hydrogens (tertiary/aromatic N) is 2. The molecule has 0 radical (unpaired) electrons. The molecule has 5 heteroatoms. The summed E-state index contributed by atoms with van der Waals surface area (Å²) in [6.45, 7) is 2.78. The quantitative estimate of drug-likeness (QED) is 0.922. The standard InChI is InChI=1S/C14H16FN3O/c1-9-7-10(4-5-12(9)15)14-17-13(19-18-14)8-11-3-2-6-16-11/h4-5,7,11,16H,2-3,6,8H2,1H3. The normalized spacial score (nSPS) is 18.9. The molecule has 1 saturated heterocycles. The topological polar surface area (TPSA) is 51.0 Å². The van der Waals surface area contributed by atoms with Crippen molar-refractivity contribution in [1.82, 2.24) is 15.5 Å². The fourth-order valence-corrected chi connectivity index (χ4v) is 2.38. The molecule has 2 heterocycles. The van der Waals surface area contributed by atoms with Gasteiger partial charge in [-0.2, -0.15) is 4.98 Å². The van der Waals surface area contributed by atoms with Gasteiger partial charge in [0.2, 0.25) is 11.7 Å². The number of aromatic nitrogens is 2. The maximum atomic E-state index is 13.2. The van der Waals surface area contributed by atoms with E-state index in [1.807, 2.05) is 0 Å². The van der Waals surface area contributed by atoms with Gasteiger partial charge in [-0.25, -0.2) is 4.39 Å². The first-order chi connectivity index (χ1) is 9.22. The number of hydrogen-bond donors (Lipinski definition) is 1. The van der Waals surface area contributed by atoms with Crippen LogP contribution in [0.15, 0.2) is 22.7 Å². The number of benzene rings is 1. The fourth-order valence-electron chi connectivity index (χ4n) is 2.38. The lowest BCUT2D eigenvalue weighted by atomic mass is 10.1. The Kier molecular flexibility index (Phi) is 3.29. The van der Waals surface area contributed by atoms with Crippen molar-refractivity contribution in [3.63, 3.8) is 0 Å². The molecule has 1 atom stereocenters. The van der Waals surface area contributed by atoms with Crippen molar-refractivity contribution in [2.24, 2.45) is 0 Å². The highest BCUT2D eigenvalue weighted by Crippen LogP contribution is 2.20. The predicted octanol–water partition coefficient (Wildman–Crippen LogP) is 2.48. The van der Waals surface area contributed by atoms with Crippen molar-refractivity contribution in [3.05, 3.63) is 35.5 Å². The Labute approximate surface area is 111 Å². The van der Waals surface area contributed by atoms with E-state index in [0.717, 1.165) is 24.9 Å². The van der Waals surface area contributed by atoms with Crippen molar-refractivity contribution >= 4 is 0 Å². The average Bonchev–Trinajstić information content (AvgIpc) is 3.05. The van der Waals surface area contributed by atoms with E-state index in [1.54, 1.807) is 19.1 Å². The molecule has 100 valence electrons. The average molecular weight is 261 g/mol. The Balaban J connectivity index is 1.78. The first-order valence-corrected chi connectivity index (χ1v) is 6.55. The molecule has 0 aliphatic carbocycles. The highest BCUT2D eigenvalue weighted by atomic mass is 19.1. The number of aryl methyl sites for hydroxylation is 1. The van der Waals surface area contributed by atoms with Crippen molar-refractivity contribution in [2.75, 3.05) is 6.54 Å². The van der Waals surface area contributed by atoms with Gasteiger partial charge in [0.1, 0.15) is 5.82 Å². The molecule has 0 bridgehead atoms. The fraction of sp³-hybridized carbons (Fsp3) is 0.429. The van der Waals surface area contributed by atoms with Gasteiger partial charge in [-0.15, -0.1) is 0 Å². The van der Waals surface area contributed by atoms with Crippen molar-refractivity contribution in [2.45, 2.75) is 32.2 Å². The van der Waals surface area contributed by atoms with Crippen LogP contribution in [0.25, 0.3) is 11.4 Å². The molecular weight excluding hydrogens is 245 g/mol. The molecule has 1 aromatic carbocycles. The molecule has 1 aromatic heterocycles. The zero-order chi connectivity index (χ0) is 13.2. The summed E-state index contributed by atoms with van der Waals surface area (Å²) in [6, 6.07) is 5.27. The number of rotatable bonds is 3. The van der Waals surface area contributed by atoms with Gasteiger partial charge in [-0.05, 0) is 50.1 Å². The van der Waals surface area contributed by atoms with Gasteiger partial charge in [-0.1, -0.05) is 5.16 Å². The Hall–Kier alpha value is -1.75. The van der Waals surface area contributed by atoms with Crippen LogP contribution in [-0.2, 0) is 6.42 Å². The van der Waals surface area contributed by atoms with Crippen LogP contribution < -0.4 is 5.32 Å². The molecule has 1 N–H and O–H groups in total. The number of halogens is 1. The second kappa shape index (κ2) is 5.09. The van der Waals surface area contributed by atoms with Crippen LogP contribution in [0.5, 0.6) is 0 Å². The van der Waals surface area contributed by atoms with E-state index in [0.29, 0.717) is 23.3 Å². The first-order valence-electron chi connectivity index (χ1n) is 6.55. The van der Waals surface area contributed by atoms with Crippen LogP contribution in [0, 0.1) is 12.7 Å². The minimum absolute atomic E-state index is 0.220. The number of nitrogens with one attached hydrogen (secondary N) is 1. The zero-order valence-electron chi connectivity index (χ0n) is 10.8. The minimum atomic E-state index is -0.220. The van der Waals surface area contributed by atoms with Crippen molar-refractivity contribution in [3.8, 4) is 11.4 Å². The molecule has 0 spiro atoms. The maximum absolute atomic E-state index is 13.2. The highest BCUT2D eigenvalue weighted by Gasteiger charge is 2.18. The molecule has 2 aromatic rings. The minimum Gasteiger partial charge on any atom is -0.339 e. The molecule has 3 rings (SSSR count). The molecule has 19 heavy (non-hydrogen) atoms. The van der Waals surface area contributed by atoms with Crippen molar-refractivity contribution < 1.29 is 8.91 Å². The largest absolute Gasteiger partial charge is 0.339 e. The lowest BCUT2D eigenvalue weighted by Gasteiger charge is -2.04. The van der Waals surface area contributed by atoms with Crippen LogP contribution in [0.1, 0.15) is 24.3 Å². The van der Waals surface area contributed by atoms with Gasteiger partial charge < -0.3 is 9.84 Å². The second-order valence-corrected chi connectivity index (χ2v) is 4.97. The summed E-state index contributed by atoms with van der Waals surface area (Å²) in [5.41, 5.74) is 1.37. The highest BCUT2D eigenvalue weighted by molar-refractivity contribution is 5.55. The SMILES string of the molecule is Cc1cc(-c2noc(CC3CCCN3)n2)ccc1F. The Morgan fingerprint density at radius 2 is 2.37 bits per heavy atom. The van der Waals surface area contributed by atoms with Crippen LogP contribution in [0.2, 0.25) is 0 Å². The first kappa shape index (κ1) is 12.3. The third-order valence-corrected chi connectivity index (χ3v) is 3.47. The maximum Gasteiger partial charge on any atom is 0.228 e. The van der Waals surface area contributed by atoms with Gasteiger partial charge in [0, 0.05) is 18.0 Å². The number of hydrogen-bond acceptors (Lipinski definition) is 4. The van der Waals surface area contributed by atoms with Gasteiger partial charge in [-0.3, -0.25) is 0 Å². The molecule has 1 aliphatic heterocycles. The van der Waals surface area contributed by atoms with Gasteiger partial charge in [0.15, 0.2) is 0 Å². The van der Waals surface area contributed by atoms with E-state index >= 15 is 0 Å². The summed E-state index contributed by atoms with van der Waals surface area (Å²) in [6.07, 6.45) is 3.10. The summed E-state index contributed by atoms with van der Waals surface area (Å²) in [4.78, 5) is 4.37. The Morgan fingerprint density at radius 1 is 1.47 bits per heavy atom. The summed E-state index contributed by atoms with van der Waals surface area (Å²) in [5, 5.41) is 7.36. The lowest BCUT2D eigenvalue weighted by Crippen LogP contribution is -2.23. The van der Waals surface area contributed by atoms with Crippen molar-refractivity contribution in [1.29, 1.82) is 0 Å². The van der Waals surface area contributed by atoms with Crippen LogP contribution in [0.4, 0.5) is 4.39 Å². The molecular formula is C14H16FN3O. The summed E-state index contributed by atoms with van der Waals surface area (Å²) >= 11 is 0. The molecule has 1 aliphatic rings. The van der Waals surface area contributed by atoms with Crippen LogP contribution in [-0.4, -0.2) is 22.7 Å². The second-order valence-electron chi connectivity index (χ2n) is 4.97. The van der Waals surface area contributed by atoms with Gasteiger partial charge in [0.25, 0.3) is 0 Å². The molecule has 0 saturated carbocycles. The van der Waals surface area contributed by atoms with Gasteiger partial charge >= 0.3 is 0 Å². The van der Waals surface area contributed by atoms with Gasteiger partial charge in [0.05, 0.1) is 0 Å². The van der Waals surface area contributed by atoms with E-state index in [2.05, 4.69) is 15.5 Å². The Bertz CT molecular complexity index is 576. The molecule has 4 nitrogen and oxygen atoms in total. The molecule has 0 amide bonds. The molecule has 1 fully saturated rings. The van der Waals surface area contributed by atoms with Crippen LogP contribution in [0.3, 0.4) is 0 Å². The van der Waals surface area contributed by atoms with E-state index in [1.165, 1.54) is 12.5 Å². The van der Waals surface area contributed by atoms with E-state index in [9.17, 15) is 4.39 Å².